The van der Waals surface area contributed by atoms with E-state index in [1.54, 1.807) is 54.9 Å². The lowest BCUT2D eigenvalue weighted by Crippen LogP contribution is -2.41. The standard InChI is InChI=1S/C27H28FN5O4/c1-17(34)31-15-22-16-33(27(36)37-22)21-8-9-23(24(28)12-21)20-6-4-18(5-7-20)14-32-26(35)25(29)11-19-3-2-10-30-13-19/h2-10,12-13,22,25H,11,14-16,29H2,1H3,(H,31,34)(H,32,35)/t22-,25-/m0/s1. The normalized spacial score (nSPS) is 15.7. The number of cyclic esters (lactones) is 1. The molecule has 10 heteroatoms. The van der Waals surface area contributed by atoms with Crippen molar-refractivity contribution in [3.8, 4) is 11.1 Å². The van der Waals surface area contributed by atoms with Crippen molar-refractivity contribution in [3.63, 3.8) is 0 Å². The van der Waals surface area contributed by atoms with E-state index in [1.165, 1.54) is 17.9 Å². The number of carbonyl (C=O) groups excluding carboxylic acids is 3. The van der Waals surface area contributed by atoms with Crippen molar-refractivity contribution >= 4 is 23.6 Å². The number of aromatic nitrogens is 1. The fourth-order valence-electron chi connectivity index (χ4n) is 3.99. The van der Waals surface area contributed by atoms with Gasteiger partial charge in [0.2, 0.25) is 11.8 Å². The quantitative estimate of drug-likeness (QED) is 0.410. The topological polar surface area (TPSA) is 127 Å². The Labute approximate surface area is 213 Å². The van der Waals surface area contributed by atoms with Gasteiger partial charge < -0.3 is 21.1 Å². The first-order chi connectivity index (χ1) is 17.8. The molecule has 0 aliphatic carbocycles. The summed E-state index contributed by atoms with van der Waals surface area (Å²) < 4.78 is 20.2. The summed E-state index contributed by atoms with van der Waals surface area (Å²) in [5.41, 5.74) is 9.13. The first-order valence-corrected chi connectivity index (χ1v) is 11.8. The summed E-state index contributed by atoms with van der Waals surface area (Å²) in [7, 11) is 0. The Morgan fingerprint density at radius 2 is 1.95 bits per heavy atom. The number of nitrogens with one attached hydrogen (secondary N) is 2. The number of anilines is 1. The molecule has 0 spiro atoms. The van der Waals surface area contributed by atoms with Crippen LogP contribution in [0.15, 0.2) is 67.0 Å². The van der Waals surface area contributed by atoms with Crippen LogP contribution in [0.25, 0.3) is 11.1 Å². The number of amides is 3. The molecule has 0 radical (unpaired) electrons. The van der Waals surface area contributed by atoms with E-state index in [2.05, 4.69) is 15.6 Å². The molecule has 3 amide bonds. The number of nitrogens with two attached hydrogens (primary N) is 1. The Bertz CT molecular complexity index is 1270. The Morgan fingerprint density at radius 1 is 1.16 bits per heavy atom. The van der Waals surface area contributed by atoms with Crippen LogP contribution in [0.2, 0.25) is 0 Å². The van der Waals surface area contributed by atoms with Gasteiger partial charge in [0.15, 0.2) is 0 Å². The molecule has 37 heavy (non-hydrogen) atoms. The third-order valence-electron chi connectivity index (χ3n) is 5.96. The van der Waals surface area contributed by atoms with Gasteiger partial charge in [0.05, 0.1) is 24.8 Å². The molecule has 2 aromatic carbocycles. The van der Waals surface area contributed by atoms with Crippen molar-refractivity contribution in [1.29, 1.82) is 0 Å². The van der Waals surface area contributed by atoms with Gasteiger partial charge in [-0.2, -0.15) is 0 Å². The van der Waals surface area contributed by atoms with Gasteiger partial charge >= 0.3 is 6.09 Å². The second-order valence-electron chi connectivity index (χ2n) is 8.80. The van der Waals surface area contributed by atoms with Gasteiger partial charge in [0.1, 0.15) is 11.9 Å². The molecule has 192 valence electrons. The van der Waals surface area contributed by atoms with Crippen LogP contribution in [0, 0.1) is 5.82 Å². The van der Waals surface area contributed by atoms with Gasteiger partial charge in [-0.3, -0.25) is 19.5 Å². The summed E-state index contributed by atoms with van der Waals surface area (Å²) >= 11 is 0. The third kappa shape index (κ3) is 6.68. The molecule has 4 N–H and O–H groups in total. The zero-order chi connectivity index (χ0) is 26.4. The van der Waals surface area contributed by atoms with Gasteiger partial charge in [-0.25, -0.2) is 9.18 Å². The number of benzene rings is 2. The third-order valence-corrected chi connectivity index (χ3v) is 5.96. The molecule has 0 unspecified atom stereocenters. The Hall–Kier alpha value is -4.31. The smallest absolute Gasteiger partial charge is 0.414 e. The number of halogens is 1. The van der Waals surface area contributed by atoms with Gasteiger partial charge in [0, 0.05) is 31.4 Å². The number of hydrogen-bond donors (Lipinski definition) is 3. The van der Waals surface area contributed by atoms with E-state index in [1.807, 2.05) is 6.07 Å². The first-order valence-electron chi connectivity index (χ1n) is 11.8. The van der Waals surface area contributed by atoms with Crippen LogP contribution in [-0.2, 0) is 27.3 Å². The molecule has 1 aromatic heterocycles. The molecule has 3 aromatic rings. The molecule has 1 aliphatic heterocycles. The molecular formula is C27H28FN5O4. The summed E-state index contributed by atoms with van der Waals surface area (Å²) in [6, 6.07) is 14.7. The molecule has 0 saturated carbocycles. The number of hydrogen-bond acceptors (Lipinski definition) is 6. The van der Waals surface area contributed by atoms with Crippen LogP contribution in [0.5, 0.6) is 0 Å². The van der Waals surface area contributed by atoms with Crippen molar-refractivity contribution in [2.24, 2.45) is 5.73 Å². The molecule has 2 heterocycles. The predicted molar refractivity (Wildman–Crippen MR) is 136 cm³/mol. The largest absolute Gasteiger partial charge is 0.442 e. The second-order valence-corrected chi connectivity index (χ2v) is 8.80. The van der Waals surface area contributed by atoms with Crippen molar-refractivity contribution in [3.05, 3.63) is 83.9 Å². The van der Waals surface area contributed by atoms with E-state index >= 15 is 0 Å². The van der Waals surface area contributed by atoms with E-state index in [4.69, 9.17) is 10.5 Å². The second kappa shape index (κ2) is 11.6. The van der Waals surface area contributed by atoms with Crippen LogP contribution in [0.4, 0.5) is 14.9 Å². The molecule has 2 atom stereocenters. The van der Waals surface area contributed by atoms with Gasteiger partial charge in [0.25, 0.3) is 0 Å². The zero-order valence-corrected chi connectivity index (χ0v) is 20.3. The maximum atomic E-state index is 15.0. The number of rotatable bonds is 9. The van der Waals surface area contributed by atoms with Crippen LogP contribution in [-0.4, -0.2) is 48.1 Å². The Kier molecular flexibility index (Phi) is 8.09. The maximum Gasteiger partial charge on any atom is 0.414 e. The monoisotopic (exact) mass is 505 g/mol. The fourth-order valence-corrected chi connectivity index (χ4v) is 3.99. The van der Waals surface area contributed by atoms with E-state index in [9.17, 15) is 18.8 Å². The van der Waals surface area contributed by atoms with E-state index in [-0.39, 0.29) is 31.4 Å². The number of nitrogens with zero attached hydrogens (tertiary/aromatic N) is 2. The van der Waals surface area contributed by atoms with Crippen LogP contribution in [0.1, 0.15) is 18.1 Å². The molecule has 4 rings (SSSR count). The summed E-state index contributed by atoms with van der Waals surface area (Å²) in [6.45, 7) is 2.08. The zero-order valence-electron chi connectivity index (χ0n) is 20.3. The van der Waals surface area contributed by atoms with E-state index < -0.39 is 24.1 Å². The van der Waals surface area contributed by atoms with Crippen molar-refractivity contribution in [2.75, 3.05) is 18.0 Å². The molecule has 1 aliphatic rings. The van der Waals surface area contributed by atoms with Crippen LogP contribution >= 0.6 is 0 Å². The minimum absolute atomic E-state index is 0.196. The number of pyridine rings is 1. The van der Waals surface area contributed by atoms with E-state index in [0.29, 0.717) is 23.2 Å². The average molecular weight is 506 g/mol. The fraction of sp³-hybridized carbons (Fsp3) is 0.259. The predicted octanol–water partition coefficient (Wildman–Crippen LogP) is 2.54. The average Bonchev–Trinajstić information content (AvgIpc) is 3.27. The number of ether oxygens (including phenoxy) is 1. The van der Waals surface area contributed by atoms with Crippen molar-refractivity contribution < 1.29 is 23.5 Å². The number of carbonyl (C=O) groups is 3. The first kappa shape index (κ1) is 25.8. The highest BCUT2D eigenvalue weighted by molar-refractivity contribution is 5.90. The molecular weight excluding hydrogens is 477 g/mol. The highest BCUT2D eigenvalue weighted by Gasteiger charge is 2.32. The lowest BCUT2D eigenvalue weighted by Gasteiger charge is -2.15. The van der Waals surface area contributed by atoms with Gasteiger partial charge in [-0.1, -0.05) is 30.3 Å². The van der Waals surface area contributed by atoms with Gasteiger partial charge in [-0.05, 0) is 47.4 Å². The highest BCUT2D eigenvalue weighted by Crippen LogP contribution is 2.29. The minimum Gasteiger partial charge on any atom is -0.442 e. The molecule has 1 saturated heterocycles. The van der Waals surface area contributed by atoms with Crippen molar-refractivity contribution in [1.82, 2.24) is 15.6 Å². The lowest BCUT2D eigenvalue weighted by molar-refractivity contribution is -0.122. The Morgan fingerprint density at radius 3 is 2.62 bits per heavy atom. The van der Waals surface area contributed by atoms with Crippen LogP contribution < -0.4 is 21.3 Å². The SMILES string of the molecule is CC(=O)NC[C@H]1CN(c2ccc(-c3ccc(CNC(=O)[C@@H](N)Cc4cccnc4)cc3)c(F)c2)C(=O)O1. The lowest BCUT2D eigenvalue weighted by atomic mass is 10.0. The summed E-state index contributed by atoms with van der Waals surface area (Å²) in [5, 5.41) is 5.43. The Balaban J connectivity index is 1.34. The molecule has 1 fully saturated rings. The van der Waals surface area contributed by atoms with Crippen molar-refractivity contribution in [2.45, 2.75) is 32.0 Å². The van der Waals surface area contributed by atoms with Crippen LogP contribution in [0.3, 0.4) is 0 Å². The highest BCUT2D eigenvalue weighted by atomic mass is 19.1. The van der Waals surface area contributed by atoms with Gasteiger partial charge in [-0.15, -0.1) is 0 Å². The summed E-state index contributed by atoms with van der Waals surface area (Å²) in [5.74, 6) is -0.977. The maximum absolute atomic E-state index is 15.0. The summed E-state index contributed by atoms with van der Waals surface area (Å²) in [6.07, 6.45) is 2.64. The molecule has 9 nitrogen and oxygen atoms in total. The molecule has 0 bridgehead atoms. The minimum atomic E-state index is -0.690. The summed E-state index contributed by atoms with van der Waals surface area (Å²) in [4.78, 5) is 41.0. The van der Waals surface area contributed by atoms with E-state index in [0.717, 1.165) is 11.1 Å².